The van der Waals surface area contributed by atoms with Crippen LogP contribution in [0.3, 0.4) is 0 Å². The number of nitrogens with zero attached hydrogens (tertiary/aromatic N) is 5. The molecule has 3 aromatic heterocycles. The van der Waals surface area contributed by atoms with Gasteiger partial charge in [-0.1, -0.05) is 109 Å². The highest BCUT2D eigenvalue weighted by Crippen LogP contribution is 2.42. The zero-order valence-corrected chi connectivity index (χ0v) is 29.5. The van der Waals surface area contributed by atoms with Crippen molar-refractivity contribution in [1.29, 1.82) is 10.5 Å². The fourth-order valence-electron chi connectivity index (χ4n) is 8.91. The maximum absolute atomic E-state index is 10.8. The summed E-state index contributed by atoms with van der Waals surface area (Å²) < 4.78 is 6.91. The standard InChI is InChI=1S/C50H29N5/c51-30-32-13-11-24-46-49(32)39-17-4-9-22-44(39)53(46)34-27-28-35(33(29-34)31-52)36-14-1-6-19-41(36)55-45-23-10-5-18-40(45)50-47(25-12-26-48(50)55)54-42-20-7-2-15-37(42)38-16-3-8-21-43(38)54/h1-29H. The Morgan fingerprint density at radius 1 is 0.327 bits per heavy atom. The average Bonchev–Trinajstić information content (AvgIpc) is 3.89. The van der Waals surface area contributed by atoms with E-state index in [4.69, 9.17) is 0 Å². The second kappa shape index (κ2) is 11.8. The zero-order chi connectivity index (χ0) is 36.6. The molecule has 0 aliphatic carbocycles. The van der Waals surface area contributed by atoms with Crippen LogP contribution in [0.5, 0.6) is 0 Å². The van der Waals surface area contributed by atoms with E-state index in [1.54, 1.807) is 0 Å². The molecular weight excluding hydrogens is 671 g/mol. The first kappa shape index (κ1) is 30.7. The third kappa shape index (κ3) is 4.33. The number of aromatic nitrogens is 3. The van der Waals surface area contributed by atoms with E-state index in [2.05, 4.69) is 159 Å². The minimum atomic E-state index is 0.569. The highest BCUT2D eigenvalue weighted by atomic mass is 15.0. The number of benzene rings is 8. The minimum Gasteiger partial charge on any atom is -0.309 e. The van der Waals surface area contributed by atoms with Crippen molar-refractivity contribution in [3.63, 3.8) is 0 Å². The maximum atomic E-state index is 10.8. The van der Waals surface area contributed by atoms with Crippen molar-refractivity contribution in [2.45, 2.75) is 0 Å². The number of hydrogen-bond donors (Lipinski definition) is 0. The summed E-state index contributed by atoms with van der Waals surface area (Å²) in [5.74, 6) is 0. The molecule has 55 heavy (non-hydrogen) atoms. The van der Waals surface area contributed by atoms with E-state index in [0.717, 1.165) is 66.4 Å². The van der Waals surface area contributed by atoms with Crippen molar-refractivity contribution >= 4 is 65.4 Å². The quantitative estimate of drug-likeness (QED) is 0.184. The molecule has 0 unspecified atom stereocenters. The summed E-state index contributed by atoms with van der Waals surface area (Å²) in [6.45, 7) is 0. The highest BCUT2D eigenvalue weighted by molar-refractivity contribution is 6.17. The second-order valence-electron chi connectivity index (χ2n) is 13.9. The van der Waals surface area contributed by atoms with Crippen LogP contribution in [0.15, 0.2) is 176 Å². The number of rotatable bonds is 4. The Morgan fingerprint density at radius 2 is 0.800 bits per heavy atom. The van der Waals surface area contributed by atoms with Crippen LogP contribution in [0, 0.1) is 22.7 Å². The van der Waals surface area contributed by atoms with Crippen LogP contribution < -0.4 is 0 Å². The van der Waals surface area contributed by atoms with Crippen LogP contribution in [-0.4, -0.2) is 13.7 Å². The van der Waals surface area contributed by atoms with Crippen molar-refractivity contribution in [3.05, 3.63) is 187 Å². The fraction of sp³-hybridized carbons (Fsp3) is 0. The van der Waals surface area contributed by atoms with Crippen molar-refractivity contribution < 1.29 is 0 Å². The highest BCUT2D eigenvalue weighted by Gasteiger charge is 2.22. The van der Waals surface area contributed by atoms with Gasteiger partial charge in [0.05, 0.1) is 67.7 Å². The van der Waals surface area contributed by atoms with E-state index in [1.165, 1.54) is 27.2 Å². The van der Waals surface area contributed by atoms with E-state index in [-0.39, 0.29) is 0 Å². The summed E-state index contributed by atoms with van der Waals surface area (Å²) in [5, 5.41) is 27.5. The molecule has 0 saturated heterocycles. The lowest BCUT2D eigenvalue weighted by Gasteiger charge is -2.16. The summed E-state index contributed by atoms with van der Waals surface area (Å²) in [6, 6.07) is 65.9. The number of hydrogen-bond acceptors (Lipinski definition) is 2. The van der Waals surface area contributed by atoms with Crippen molar-refractivity contribution in [2.24, 2.45) is 0 Å². The Balaban J connectivity index is 1.15. The van der Waals surface area contributed by atoms with Crippen molar-refractivity contribution in [3.8, 4) is 40.3 Å². The SMILES string of the molecule is N#Cc1cc(-n2c3ccccc3c3c(C#N)cccc32)ccc1-c1ccccc1-n1c2ccccc2c2c(-n3c4ccccc4c4ccccc43)cccc21. The van der Waals surface area contributed by atoms with Crippen LogP contribution in [-0.2, 0) is 0 Å². The largest absolute Gasteiger partial charge is 0.309 e. The molecule has 0 fully saturated rings. The molecule has 0 radical (unpaired) electrons. The molecule has 3 heterocycles. The van der Waals surface area contributed by atoms with Crippen LogP contribution >= 0.6 is 0 Å². The summed E-state index contributed by atoms with van der Waals surface area (Å²) in [5.41, 5.74) is 12.4. The predicted octanol–water partition coefficient (Wildman–Crippen LogP) is 12.4. The number of nitriles is 2. The molecule has 11 aromatic rings. The van der Waals surface area contributed by atoms with E-state index in [9.17, 15) is 10.5 Å². The Hall–Kier alpha value is -7.86. The second-order valence-corrected chi connectivity index (χ2v) is 13.9. The van der Waals surface area contributed by atoms with Gasteiger partial charge in [0.25, 0.3) is 0 Å². The van der Waals surface area contributed by atoms with Gasteiger partial charge in [0, 0.05) is 49.1 Å². The van der Waals surface area contributed by atoms with Gasteiger partial charge < -0.3 is 13.7 Å². The summed E-state index contributed by atoms with van der Waals surface area (Å²) in [7, 11) is 0. The Bertz CT molecular complexity index is 3420. The molecule has 0 N–H and O–H groups in total. The number of fused-ring (bicyclic) bond motifs is 9. The van der Waals surface area contributed by atoms with E-state index in [0.29, 0.717) is 11.1 Å². The monoisotopic (exact) mass is 699 g/mol. The molecule has 8 aromatic carbocycles. The van der Waals surface area contributed by atoms with Gasteiger partial charge >= 0.3 is 0 Å². The zero-order valence-electron chi connectivity index (χ0n) is 29.5. The van der Waals surface area contributed by atoms with Crippen molar-refractivity contribution in [2.75, 3.05) is 0 Å². The molecule has 5 heteroatoms. The molecule has 5 nitrogen and oxygen atoms in total. The maximum Gasteiger partial charge on any atom is 0.0998 e. The molecule has 0 bridgehead atoms. The summed E-state index contributed by atoms with van der Waals surface area (Å²) in [4.78, 5) is 0. The summed E-state index contributed by atoms with van der Waals surface area (Å²) in [6.07, 6.45) is 0. The predicted molar refractivity (Wildman–Crippen MR) is 224 cm³/mol. The van der Waals surface area contributed by atoms with Gasteiger partial charge in [-0.3, -0.25) is 0 Å². The lowest BCUT2D eigenvalue weighted by atomic mass is 9.97. The van der Waals surface area contributed by atoms with Gasteiger partial charge in [-0.15, -0.1) is 0 Å². The van der Waals surface area contributed by atoms with Gasteiger partial charge in [-0.2, -0.15) is 10.5 Å². The van der Waals surface area contributed by atoms with Gasteiger partial charge in [-0.05, 0) is 66.7 Å². The Kier molecular flexibility index (Phi) is 6.61. The van der Waals surface area contributed by atoms with E-state index < -0.39 is 0 Å². The topological polar surface area (TPSA) is 62.4 Å². The lowest BCUT2D eigenvalue weighted by molar-refractivity contribution is 1.16. The van der Waals surface area contributed by atoms with Crippen LogP contribution in [0.25, 0.3) is 93.6 Å². The average molecular weight is 700 g/mol. The van der Waals surface area contributed by atoms with Gasteiger partial charge in [0.2, 0.25) is 0 Å². The van der Waals surface area contributed by atoms with Crippen molar-refractivity contribution in [1.82, 2.24) is 13.7 Å². The van der Waals surface area contributed by atoms with E-state index in [1.807, 2.05) is 42.5 Å². The first-order chi connectivity index (χ1) is 27.2. The van der Waals surface area contributed by atoms with Gasteiger partial charge in [-0.25, -0.2) is 0 Å². The normalized spacial score (nSPS) is 11.6. The minimum absolute atomic E-state index is 0.569. The van der Waals surface area contributed by atoms with Gasteiger partial charge in [0.1, 0.15) is 0 Å². The molecule has 0 amide bonds. The van der Waals surface area contributed by atoms with Crippen LogP contribution in [0.2, 0.25) is 0 Å². The molecule has 0 aliphatic rings. The Morgan fingerprint density at radius 3 is 1.47 bits per heavy atom. The molecule has 0 spiro atoms. The third-order valence-electron chi connectivity index (χ3n) is 11.1. The summed E-state index contributed by atoms with van der Waals surface area (Å²) >= 11 is 0. The van der Waals surface area contributed by atoms with Crippen LogP contribution in [0.1, 0.15) is 11.1 Å². The molecule has 254 valence electrons. The molecule has 0 saturated carbocycles. The molecule has 0 aliphatic heterocycles. The lowest BCUT2D eigenvalue weighted by Crippen LogP contribution is -2.00. The smallest absolute Gasteiger partial charge is 0.0998 e. The van der Waals surface area contributed by atoms with Crippen LogP contribution in [0.4, 0.5) is 0 Å². The van der Waals surface area contributed by atoms with E-state index >= 15 is 0 Å². The molecule has 0 atom stereocenters. The van der Waals surface area contributed by atoms with Gasteiger partial charge in [0.15, 0.2) is 0 Å². The number of para-hydroxylation sites is 5. The first-order valence-corrected chi connectivity index (χ1v) is 18.3. The first-order valence-electron chi connectivity index (χ1n) is 18.3. The fourth-order valence-corrected chi connectivity index (χ4v) is 8.91. The Labute approximate surface area is 316 Å². The molecule has 11 rings (SSSR count). The third-order valence-corrected chi connectivity index (χ3v) is 11.1. The molecular formula is C50H29N5.